The first-order valence-corrected chi connectivity index (χ1v) is 5.38. The Kier molecular flexibility index (Phi) is 3.75. The predicted molar refractivity (Wildman–Crippen MR) is 63.8 cm³/mol. The van der Waals surface area contributed by atoms with Crippen LogP contribution in [0.4, 0.5) is 0 Å². The molecule has 1 N–H and O–H groups in total. The third kappa shape index (κ3) is 1.98. The van der Waals surface area contributed by atoms with Crippen LogP contribution < -0.4 is 0 Å². The van der Waals surface area contributed by atoms with Crippen molar-refractivity contribution < 1.29 is 0 Å². The van der Waals surface area contributed by atoms with Crippen molar-refractivity contribution in [3.8, 4) is 0 Å². The summed E-state index contributed by atoms with van der Waals surface area (Å²) in [6.45, 7) is 8.32. The maximum absolute atomic E-state index is 3.24. The predicted octanol–water partition coefficient (Wildman–Crippen LogP) is 4.06. The van der Waals surface area contributed by atoms with Crippen LogP contribution in [-0.4, -0.2) is 4.98 Å². The Labute approximate surface area is 86.2 Å². The van der Waals surface area contributed by atoms with Gasteiger partial charge in [0.15, 0.2) is 0 Å². The third-order valence-electron chi connectivity index (χ3n) is 2.36. The number of H-pyrrole nitrogens is 1. The van der Waals surface area contributed by atoms with Crippen LogP contribution in [-0.2, 0) is 6.42 Å². The largest absolute Gasteiger partial charge is 0.361 e. The molecule has 0 radical (unpaired) electrons. The van der Waals surface area contributed by atoms with E-state index in [4.69, 9.17) is 0 Å². The summed E-state index contributed by atoms with van der Waals surface area (Å²) in [6, 6.07) is 6.60. The maximum Gasteiger partial charge on any atom is 0.0456 e. The molecule has 14 heavy (non-hydrogen) atoms. The highest BCUT2D eigenvalue weighted by Crippen LogP contribution is 2.18. The van der Waals surface area contributed by atoms with Crippen molar-refractivity contribution in [2.45, 2.75) is 34.1 Å². The number of aromatic amines is 1. The van der Waals surface area contributed by atoms with Gasteiger partial charge in [-0.15, -0.1) is 0 Å². The zero-order chi connectivity index (χ0) is 10.6. The van der Waals surface area contributed by atoms with E-state index in [1.807, 2.05) is 13.8 Å². The van der Waals surface area contributed by atoms with E-state index in [9.17, 15) is 0 Å². The van der Waals surface area contributed by atoms with Crippen LogP contribution in [0.5, 0.6) is 0 Å². The number of hydrogen-bond donors (Lipinski definition) is 1. The fraction of sp³-hybridized carbons (Fsp3) is 0.385. The second kappa shape index (κ2) is 4.85. The van der Waals surface area contributed by atoms with E-state index in [1.54, 1.807) is 0 Å². The number of fused-ring (bicyclic) bond motifs is 1. The number of rotatable bonds is 1. The summed E-state index contributed by atoms with van der Waals surface area (Å²) in [6.07, 6.45) is 3.17. The van der Waals surface area contributed by atoms with Gasteiger partial charge in [-0.05, 0) is 36.6 Å². The van der Waals surface area contributed by atoms with Gasteiger partial charge in [0.05, 0.1) is 0 Å². The Morgan fingerprint density at radius 3 is 2.57 bits per heavy atom. The summed E-state index contributed by atoms with van der Waals surface area (Å²) in [4.78, 5) is 3.24. The molecule has 1 aromatic carbocycles. The first kappa shape index (κ1) is 10.8. The van der Waals surface area contributed by atoms with Crippen LogP contribution in [0.25, 0.3) is 10.9 Å². The molecule has 0 aliphatic carbocycles. The molecule has 0 aliphatic heterocycles. The Balaban J connectivity index is 0.000000461. The van der Waals surface area contributed by atoms with Gasteiger partial charge in [0.1, 0.15) is 0 Å². The summed E-state index contributed by atoms with van der Waals surface area (Å²) < 4.78 is 0. The summed E-state index contributed by atoms with van der Waals surface area (Å²) in [5.41, 5.74) is 3.98. The van der Waals surface area contributed by atoms with E-state index >= 15 is 0 Å². The lowest BCUT2D eigenvalue weighted by atomic mass is 10.1. The highest BCUT2D eigenvalue weighted by Gasteiger charge is 1.98. The average molecular weight is 189 g/mol. The second-order valence-electron chi connectivity index (χ2n) is 3.21. The van der Waals surface area contributed by atoms with Gasteiger partial charge < -0.3 is 4.98 Å². The van der Waals surface area contributed by atoms with E-state index in [0.717, 1.165) is 6.42 Å². The van der Waals surface area contributed by atoms with Crippen LogP contribution in [0, 0.1) is 6.92 Å². The molecule has 0 aliphatic rings. The molecule has 0 amide bonds. The van der Waals surface area contributed by atoms with Crippen molar-refractivity contribution in [2.75, 3.05) is 0 Å². The van der Waals surface area contributed by atoms with Crippen molar-refractivity contribution in [3.05, 3.63) is 35.5 Å². The van der Waals surface area contributed by atoms with Crippen molar-refractivity contribution in [1.82, 2.24) is 4.98 Å². The molecule has 0 unspecified atom stereocenters. The Bertz CT molecular complexity index is 399. The van der Waals surface area contributed by atoms with E-state index in [2.05, 4.69) is 43.2 Å². The molecule has 0 saturated carbocycles. The molecule has 0 fully saturated rings. The Morgan fingerprint density at radius 1 is 1.21 bits per heavy atom. The molecule has 2 aromatic rings. The lowest BCUT2D eigenvalue weighted by Gasteiger charge is -1.96. The van der Waals surface area contributed by atoms with Crippen LogP contribution in [0.1, 0.15) is 31.9 Å². The molecular weight excluding hydrogens is 170 g/mol. The van der Waals surface area contributed by atoms with E-state index in [-0.39, 0.29) is 0 Å². The molecule has 76 valence electrons. The number of aromatic nitrogens is 1. The molecule has 1 heterocycles. The van der Waals surface area contributed by atoms with Gasteiger partial charge in [-0.3, -0.25) is 0 Å². The van der Waals surface area contributed by atoms with Gasteiger partial charge in [-0.25, -0.2) is 0 Å². The normalized spacial score (nSPS) is 9.71. The van der Waals surface area contributed by atoms with Crippen LogP contribution in [0.15, 0.2) is 24.4 Å². The molecule has 0 bridgehead atoms. The van der Waals surface area contributed by atoms with E-state index in [1.165, 1.54) is 22.0 Å². The first-order valence-electron chi connectivity index (χ1n) is 5.38. The molecule has 0 spiro atoms. The lowest BCUT2D eigenvalue weighted by Crippen LogP contribution is -1.78. The van der Waals surface area contributed by atoms with Gasteiger partial charge in [-0.2, -0.15) is 0 Å². The van der Waals surface area contributed by atoms with Gasteiger partial charge >= 0.3 is 0 Å². The third-order valence-corrected chi connectivity index (χ3v) is 2.36. The molecule has 1 aromatic heterocycles. The van der Waals surface area contributed by atoms with Crippen molar-refractivity contribution in [2.24, 2.45) is 0 Å². The Morgan fingerprint density at radius 2 is 1.93 bits per heavy atom. The summed E-state index contributed by atoms with van der Waals surface area (Å²) >= 11 is 0. The quantitative estimate of drug-likeness (QED) is 0.696. The van der Waals surface area contributed by atoms with Crippen LogP contribution in [0.2, 0.25) is 0 Å². The van der Waals surface area contributed by atoms with Gasteiger partial charge in [0.25, 0.3) is 0 Å². The fourth-order valence-corrected chi connectivity index (χ4v) is 1.53. The van der Waals surface area contributed by atoms with Gasteiger partial charge in [0.2, 0.25) is 0 Å². The van der Waals surface area contributed by atoms with Gasteiger partial charge in [0, 0.05) is 17.1 Å². The standard InChI is InChI=1S/C11H13N.C2H6/c1-3-9-4-5-11-10(6-9)8(2)7-12-11;1-2/h4-7,12H,3H2,1-2H3;1-2H3. The summed E-state index contributed by atoms with van der Waals surface area (Å²) in [5.74, 6) is 0. The molecular formula is C13H19N. The zero-order valence-corrected chi connectivity index (χ0v) is 9.52. The molecule has 1 heteroatoms. The van der Waals surface area contributed by atoms with Crippen molar-refractivity contribution >= 4 is 10.9 Å². The van der Waals surface area contributed by atoms with E-state index in [0.29, 0.717) is 0 Å². The van der Waals surface area contributed by atoms with Gasteiger partial charge in [-0.1, -0.05) is 26.8 Å². The molecule has 2 rings (SSSR count). The van der Waals surface area contributed by atoms with Crippen LogP contribution >= 0.6 is 0 Å². The number of aryl methyl sites for hydroxylation is 2. The van der Waals surface area contributed by atoms with E-state index < -0.39 is 0 Å². The zero-order valence-electron chi connectivity index (χ0n) is 9.52. The number of benzene rings is 1. The monoisotopic (exact) mass is 189 g/mol. The summed E-state index contributed by atoms with van der Waals surface area (Å²) in [5, 5.41) is 1.36. The summed E-state index contributed by atoms with van der Waals surface area (Å²) in [7, 11) is 0. The lowest BCUT2D eigenvalue weighted by molar-refractivity contribution is 1.15. The number of nitrogens with one attached hydrogen (secondary N) is 1. The average Bonchev–Trinajstić information content (AvgIpc) is 2.63. The highest BCUT2D eigenvalue weighted by molar-refractivity contribution is 5.83. The van der Waals surface area contributed by atoms with Crippen molar-refractivity contribution in [3.63, 3.8) is 0 Å². The Hall–Kier alpha value is -1.24. The topological polar surface area (TPSA) is 15.8 Å². The first-order chi connectivity index (χ1) is 6.81. The fourth-order valence-electron chi connectivity index (χ4n) is 1.53. The SMILES string of the molecule is CC.CCc1ccc2[nH]cc(C)c2c1. The molecule has 1 nitrogen and oxygen atoms in total. The molecule has 0 saturated heterocycles. The second-order valence-corrected chi connectivity index (χ2v) is 3.21. The van der Waals surface area contributed by atoms with Crippen molar-refractivity contribution in [1.29, 1.82) is 0 Å². The minimum atomic E-state index is 1.11. The smallest absolute Gasteiger partial charge is 0.0456 e. The maximum atomic E-state index is 3.24. The minimum absolute atomic E-state index is 1.11. The molecule has 0 atom stereocenters. The highest BCUT2D eigenvalue weighted by atomic mass is 14.7. The minimum Gasteiger partial charge on any atom is -0.361 e. The van der Waals surface area contributed by atoms with Crippen LogP contribution in [0.3, 0.4) is 0 Å². The number of hydrogen-bond acceptors (Lipinski definition) is 0.